The molecule has 0 saturated heterocycles. The fraction of sp³-hybridized carbons (Fsp3) is 0.455. The van der Waals surface area contributed by atoms with Crippen LogP contribution in [0.2, 0.25) is 0 Å². The van der Waals surface area contributed by atoms with Gasteiger partial charge in [-0.3, -0.25) is 0 Å². The van der Waals surface area contributed by atoms with Crippen LogP contribution in [0, 0.1) is 19.7 Å². The van der Waals surface area contributed by atoms with E-state index in [1.807, 2.05) is 13.8 Å². The Morgan fingerprint density at radius 3 is 2.50 bits per heavy atom. The van der Waals surface area contributed by atoms with Crippen molar-refractivity contribution in [1.82, 2.24) is 0 Å². The molecule has 0 heterocycles. The molecule has 14 heavy (non-hydrogen) atoms. The van der Waals surface area contributed by atoms with Crippen molar-refractivity contribution >= 4 is 0 Å². The van der Waals surface area contributed by atoms with E-state index in [1.165, 1.54) is 6.07 Å². The molecule has 0 radical (unpaired) electrons. The van der Waals surface area contributed by atoms with Crippen LogP contribution in [-0.4, -0.2) is 11.7 Å². The summed E-state index contributed by atoms with van der Waals surface area (Å²) in [6.45, 7) is 3.76. The Morgan fingerprint density at radius 1 is 1.36 bits per heavy atom. The smallest absolute Gasteiger partial charge is 0.128 e. The van der Waals surface area contributed by atoms with Crippen LogP contribution >= 0.6 is 0 Å². The zero-order chi connectivity index (χ0) is 10.7. The Kier molecular flexibility index (Phi) is 3.61. The number of aliphatic hydroxyl groups is 1. The second-order valence-electron chi connectivity index (χ2n) is 3.58. The number of benzene rings is 1. The maximum absolute atomic E-state index is 13.4. The van der Waals surface area contributed by atoms with Gasteiger partial charge in [0.15, 0.2) is 0 Å². The molecule has 78 valence electrons. The SMILES string of the molecule is Cc1cc(F)c(C(N)CCO)cc1C. The van der Waals surface area contributed by atoms with Crippen LogP contribution in [0.25, 0.3) is 0 Å². The van der Waals surface area contributed by atoms with Gasteiger partial charge in [0.05, 0.1) is 0 Å². The Bertz CT molecular complexity index is 325. The quantitative estimate of drug-likeness (QED) is 0.776. The molecule has 1 aromatic rings. The monoisotopic (exact) mass is 197 g/mol. The first-order chi connectivity index (χ1) is 6.56. The second kappa shape index (κ2) is 4.53. The average molecular weight is 197 g/mol. The minimum atomic E-state index is -0.417. The second-order valence-corrected chi connectivity index (χ2v) is 3.58. The summed E-state index contributed by atoms with van der Waals surface area (Å²) < 4.78 is 13.4. The van der Waals surface area contributed by atoms with E-state index in [0.29, 0.717) is 12.0 Å². The van der Waals surface area contributed by atoms with Gasteiger partial charge >= 0.3 is 0 Å². The number of aryl methyl sites for hydroxylation is 2. The lowest BCUT2D eigenvalue weighted by Crippen LogP contribution is -2.14. The van der Waals surface area contributed by atoms with Crippen LogP contribution in [0.4, 0.5) is 4.39 Å². The van der Waals surface area contributed by atoms with Gasteiger partial charge in [-0.05, 0) is 37.5 Å². The molecule has 0 fully saturated rings. The lowest BCUT2D eigenvalue weighted by molar-refractivity contribution is 0.275. The summed E-state index contributed by atoms with van der Waals surface area (Å²) >= 11 is 0. The van der Waals surface area contributed by atoms with Crippen LogP contribution in [0.5, 0.6) is 0 Å². The normalized spacial score (nSPS) is 12.9. The molecule has 3 N–H and O–H groups in total. The van der Waals surface area contributed by atoms with Crippen molar-refractivity contribution < 1.29 is 9.50 Å². The summed E-state index contributed by atoms with van der Waals surface area (Å²) in [6, 6.07) is 2.83. The molecule has 1 unspecified atom stereocenters. The Hall–Kier alpha value is -0.930. The predicted molar refractivity (Wildman–Crippen MR) is 54.5 cm³/mol. The molecule has 0 amide bonds. The molecule has 0 spiro atoms. The number of aliphatic hydroxyl groups excluding tert-OH is 1. The third-order valence-electron chi connectivity index (χ3n) is 2.45. The van der Waals surface area contributed by atoms with Crippen molar-refractivity contribution in [2.75, 3.05) is 6.61 Å². The summed E-state index contributed by atoms with van der Waals surface area (Å²) in [6.07, 6.45) is 0.388. The van der Waals surface area contributed by atoms with E-state index in [1.54, 1.807) is 6.07 Å². The fourth-order valence-corrected chi connectivity index (χ4v) is 1.38. The molecule has 0 aliphatic heterocycles. The van der Waals surface area contributed by atoms with Crippen molar-refractivity contribution in [3.8, 4) is 0 Å². The van der Waals surface area contributed by atoms with Crippen LogP contribution in [0.15, 0.2) is 12.1 Å². The van der Waals surface area contributed by atoms with Crippen LogP contribution in [-0.2, 0) is 0 Å². The van der Waals surface area contributed by atoms with Crippen LogP contribution in [0.3, 0.4) is 0 Å². The molecule has 0 aliphatic rings. The molecular weight excluding hydrogens is 181 g/mol. The number of hydrogen-bond acceptors (Lipinski definition) is 2. The number of nitrogens with two attached hydrogens (primary N) is 1. The van der Waals surface area contributed by atoms with Gasteiger partial charge in [0.1, 0.15) is 5.82 Å². The number of rotatable bonds is 3. The Labute approximate surface area is 83.6 Å². The summed E-state index contributed by atoms with van der Waals surface area (Å²) in [5.41, 5.74) is 8.16. The van der Waals surface area contributed by atoms with Gasteiger partial charge in [-0.25, -0.2) is 4.39 Å². The molecule has 0 bridgehead atoms. The molecule has 0 aromatic heterocycles. The first kappa shape index (κ1) is 11.1. The lowest BCUT2D eigenvalue weighted by Gasteiger charge is -2.13. The van der Waals surface area contributed by atoms with Gasteiger partial charge in [0.2, 0.25) is 0 Å². The third-order valence-corrected chi connectivity index (χ3v) is 2.45. The van der Waals surface area contributed by atoms with Crippen molar-refractivity contribution in [3.05, 3.63) is 34.6 Å². The van der Waals surface area contributed by atoms with Gasteiger partial charge in [-0.2, -0.15) is 0 Å². The lowest BCUT2D eigenvalue weighted by atomic mass is 9.99. The standard InChI is InChI=1S/C11H16FNO/c1-7-5-9(11(13)3-4-14)10(12)6-8(7)2/h5-6,11,14H,3-4,13H2,1-2H3. The van der Waals surface area contributed by atoms with Crippen LogP contribution in [0.1, 0.15) is 29.2 Å². The number of halogens is 1. The molecule has 2 nitrogen and oxygen atoms in total. The molecule has 3 heteroatoms. The van der Waals surface area contributed by atoms with Gasteiger partial charge in [-0.1, -0.05) is 6.07 Å². The minimum absolute atomic E-state index is 0.0203. The van der Waals surface area contributed by atoms with Gasteiger partial charge in [0, 0.05) is 18.2 Å². The molecular formula is C11H16FNO. The largest absolute Gasteiger partial charge is 0.396 e. The molecule has 1 rings (SSSR count). The zero-order valence-corrected chi connectivity index (χ0v) is 8.55. The van der Waals surface area contributed by atoms with Crippen molar-refractivity contribution in [1.29, 1.82) is 0 Å². The van der Waals surface area contributed by atoms with E-state index in [0.717, 1.165) is 11.1 Å². The Balaban J connectivity index is 3.02. The summed E-state index contributed by atoms with van der Waals surface area (Å²) in [5, 5.41) is 8.71. The van der Waals surface area contributed by atoms with E-state index >= 15 is 0 Å². The highest BCUT2D eigenvalue weighted by molar-refractivity contribution is 5.32. The van der Waals surface area contributed by atoms with Crippen molar-refractivity contribution in [3.63, 3.8) is 0 Å². The molecule has 0 saturated carbocycles. The highest BCUT2D eigenvalue weighted by Gasteiger charge is 2.12. The highest BCUT2D eigenvalue weighted by atomic mass is 19.1. The minimum Gasteiger partial charge on any atom is -0.396 e. The third kappa shape index (κ3) is 2.30. The van der Waals surface area contributed by atoms with Gasteiger partial charge in [-0.15, -0.1) is 0 Å². The van der Waals surface area contributed by atoms with E-state index in [9.17, 15) is 4.39 Å². The van der Waals surface area contributed by atoms with Crippen LogP contribution < -0.4 is 5.73 Å². The van der Waals surface area contributed by atoms with Gasteiger partial charge < -0.3 is 10.8 Å². The van der Waals surface area contributed by atoms with E-state index in [-0.39, 0.29) is 12.4 Å². The number of hydrogen-bond donors (Lipinski definition) is 2. The molecule has 0 aliphatic carbocycles. The van der Waals surface area contributed by atoms with Gasteiger partial charge in [0.25, 0.3) is 0 Å². The fourth-order valence-electron chi connectivity index (χ4n) is 1.38. The topological polar surface area (TPSA) is 46.2 Å². The van der Waals surface area contributed by atoms with Crippen molar-refractivity contribution in [2.24, 2.45) is 5.73 Å². The van der Waals surface area contributed by atoms with Crippen molar-refractivity contribution in [2.45, 2.75) is 26.3 Å². The van der Waals surface area contributed by atoms with E-state index < -0.39 is 6.04 Å². The zero-order valence-electron chi connectivity index (χ0n) is 8.55. The Morgan fingerprint density at radius 2 is 1.93 bits per heavy atom. The predicted octanol–water partition coefficient (Wildman–Crippen LogP) is 1.82. The summed E-state index contributed by atoms with van der Waals surface area (Å²) in [5.74, 6) is -0.283. The maximum Gasteiger partial charge on any atom is 0.128 e. The summed E-state index contributed by atoms with van der Waals surface area (Å²) in [4.78, 5) is 0. The summed E-state index contributed by atoms with van der Waals surface area (Å²) in [7, 11) is 0. The molecule has 1 aromatic carbocycles. The average Bonchev–Trinajstić information content (AvgIpc) is 2.11. The first-order valence-electron chi connectivity index (χ1n) is 4.69. The maximum atomic E-state index is 13.4. The molecule has 1 atom stereocenters. The first-order valence-corrected chi connectivity index (χ1v) is 4.69. The van der Waals surface area contributed by atoms with E-state index in [2.05, 4.69) is 0 Å². The van der Waals surface area contributed by atoms with E-state index in [4.69, 9.17) is 10.8 Å². The highest BCUT2D eigenvalue weighted by Crippen LogP contribution is 2.21.